The van der Waals surface area contributed by atoms with E-state index in [1.165, 1.54) is 0 Å². The van der Waals surface area contributed by atoms with E-state index in [-0.39, 0.29) is 387 Å². The quantitative estimate of drug-likeness (QED) is 0.218. The molecule has 50 heavy (non-hydrogen) atoms. The van der Waals surface area contributed by atoms with Crippen molar-refractivity contribution in [2.45, 2.75) is 0 Å². The second kappa shape index (κ2) is 11600. The van der Waals surface area contributed by atoms with Crippen LogP contribution in [0.4, 0.5) is 0 Å². The molecule has 0 aromatic carbocycles. The van der Waals surface area contributed by atoms with Gasteiger partial charge in [-0.3, -0.25) is 0 Å². The van der Waals surface area contributed by atoms with Crippen molar-refractivity contribution in [2.75, 3.05) is 0 Å². The van der Waals surface area contributed by atoms with Crippen LogP contribution in [0.15, 0.2) is 0 Å². The fraction of sp³-hybridized carbons (Fsp3) is 0. The maximum Gasteiger partial charge on any atom is 0 e. The van der Waals surface area contributed by atoms with Gasteiger partial charge in [0, 0.05) is 168 Å². The molecule has 0 atom stereocenters. The maximum absolute atomic E-state index is 0. The SMILES string of the molecule is O.O.O.O.O.O.O.O.O.O.O.O.O.O.O.O.O.O.O.O.O.O.O.O.O.O.O.O.O.O.O.O.O.O.O.O.O.O.O.O.[Co].[Co].[Co].[Co].[Co].[Co].[Co].[Co].[Co].[Co]. The molecule has 410 valence electrons. The molecule has 0 aliphatic rings. The van der Waals surface area contributed by atoms with Crippen molar-refractivity contribution in [3.8, 4) is 0 Å². The minimum absolute atomic E-state index is 0. The van der Waals surface area contributed by atoms with Gasteiger partial charge in [0.05, 0.1) is 0 Å². The monoisotopic (exact) mass is 1310 g/mol. The van der Waals surface area contributed by atoms with Gasteiger partial charge in [0.25, 0.3) is 0 Å². The molecule has 40 nitrogen and oxygen atoms in total. The number of rotatable bonds is 0. The zero-order valence-electron chi connectivity index (χ0n) is 23.3. The van der Waals surface area contributed by atoms with Crippen LogP contribution in [0.2, 0.25) is 0 Å². The van der Waals surface area contributed by atoms with Gasteiger partial charge in [-0.05, 0) is 0 Å². The third-order valence-electron chi connectivity index (χ3n) is 0. The van der Waals surface area contributed by atoms with Crippen LogP contribution < -0.4 is 0 Å². The Labute approximate surface area is 384 Å². The first-order chi connectivity index (χ1) is 0. The standard InChI is InChI=1S/10Co.40H2O/h;;;;;;;;;;40*1H2. The van der Waals surface area contributed by atoms with Gasteiger partial charge in [0.15, 0.2) is 0 Å². The van der Waals surface area contributed by atoms with E-state index in [0.29, 0.717) is 0 Å². The molecule has 80 N–H and O–H groups in total. The molecule has 50 heteroatoms. The molecular weight excluding hydrogens is 1230 g/mol. The molecule has 0 unspecified atom stereocenters. The summed E-state index contributed by atoms with van der Waals surface area (Å²) in [5, 5.41) is 0. The van der Waals surface area contributed by atoms with Crippen molar-refractivity contribution in [3.05, 3.63) is 0 Å². The Morgan fingerprint density at radius 1 is 0.0400 bits per heavy atom. The zero-order valence-corrected chi connectivity index (χ0v) is 33.7. The van der Waals surface area contributed by atoms with E-state index < -0.39 is 0 Å². The maximum atomic E-state index is 0. The molecule has 0 aromatic heterocycles. The van der Waals surface area contributed by atoms with E-state index >= 15 is 0 Å². The van der Waals surface area contributed by atoms with Gasteiger partial charge in [-0.1, -0.05) is 0 Å². The van der Waals surface area contributed by atoms with Crippen molar-refractivity contribution < 1.29 is 387 Å². The van der Waals surface area contributed by atoms with Crippen LogP contribution in [0.1, 0.15) is 0 Å². The Morgan fingerprint density at radius 2 is 0.0400 bits per heavy atom. The van der Waals surface area contributed by atoms with Crippen molar-refractivity contribution in [2.24, 2.45) is 0 Å². The zero-order chi connectivity index (χ0) is 0. The van der Waals surface area contributed by atoms with Gasteiger partial charge in [-0.2, -0.15) is 0 Å². The van der Waals surface area contributed by atoms with Crippen LogP contribution in [-0.4, -0.2) is 219 Å². The van der Waals surface area contributed by atoms with E-state index in [4.69, 9.17) is 0 Å². The first-order valence-corrected chi connectivity index (χ1v) is 0. The third kappa shape index (κ3) is 10900. The first kappa shape index (κ1) is 12300. The van der Waals surface area contributed by atoms with Gasteiger partial charge in [0.2, 0.25) is 0 Å². The van der Waals surface area contributed by atoms with E-state index in [1.807, 2.05) is 0 Å². The molecule has 0 aliphatic carbocycles. The van der Waals surface area contributed by atoms with Crippen LogP contribution in [-0.2, 0) is 168 Å². The molecule has 0 rings (SSSR count). The van der Waals surface area contributed by atoms with Crippen LogP contribution in [0.5, 0.6) is 0 Å². The summed E-state index contributed by atoms with van der Waals surface area (Å²) in [6.07, 6.45) is 0. The van der Waals surface area contributed by atoms with Crippen molar-refractivity contribution >= 4 is 0 Å². The molecular formula is H80Co10O40. The average Bonchev–Trinajstić information content (AvgIpc) is 0. The van der Waals surface area contributed by atoms with Crippen molar-refractivity contribution in [3.63, 3.8) is 0 Å². The molecule has 0 aromatic rings. The first-order valence-electron chi connectivity index (χ1n) is 0. The van der Waals surface area contributed by atoms with E-state index in [9.17, 15) is 0 Å². The normalized spacial score (nSPS) is 0. The number of hydrogen-bond acceptors (Lipinski definition) is 0. The summed E-state index contributed by atoms with van der Waals surface area (Å²) in [5.41, 5.74) is 0. The molecule has 0 amide bonds. The Morgan fingerprint density at radius 3 is 0.0400 bits per heavy atom. The predicted molar refractivity (Wildman–Crippen MR) is 145 cm³/mol. The minimum Gasteiger partial charge on any atom is -0.412 e. The summed E-state index contributed by atoms with van der Waals surface area (Å²) in [5.74, 6) is 0. The van der Waals surface area contributed by atoms with Gasteiger partial charge in [-0.25, -0.2) is 0 Å². The summed E-state index contributed by atoms with van der Waals surface area (Å²) in [4.78, 5) is 0. The summed E-state index contributed by atoms with van der Waals surface area (Å²) in [6.45, 7) is 0. The van der Waals surface area contributed by atoms with Crippen LogP contribution in [0.25, 0.3) is 0 Å². The van der Waals surface area contributed by atoms with E-state index in [2.05, 4.69) is 0 Å². The van der Waals surface area contributed by atoms with E-state index in [1.54, 1.807) is 0 Å². The summed E-state index contributed by atoms with van der Waals surface area (Å²) < 4.78 is 0. The fourth-order valence-corrected chi connectivity index (χ4v) is 0. The molecule has 0 saturated heterocycles. The Kier molecular flexibility index (Phi) is 2840000. The Bertz CT molecular complexity index is 36.1. The molecule has 0 aliphatic heterocycles. The minimum atomic E-state index is 0. The molecule has 0 bridgehead atoms. The summed E-state index contributed by atoms with van der Waals surface area (Å²) >= 11 is 0. The molecule has 0 heterocycles. The van der Waals surface area contributed by atoms with Gasteiger partial charge >= 0.3 is 0 Å². The fourth-order valence-electron chi connectivity index (χ4n) is 0. The van der Waals surface area contributed by atoms with Gasteiger partial charge < -0.3 is 219 Å². The van der Waals surface area contributed by atoms with Gasteiger partial charge in [0.1, 0.15) is 0 Å². The Balaban J connectivity index is 0. The van der Waals surface area contributed by atoms with Gasteiger partial charge in [-0.15, -0.1) is 0 Å². The molecule has 10 radical (unpaired) electrons. The molecule has 0 fully saturated rings. The van der Waals surface area contributed by atoms with Crippen LogP contribution >= 0.6 is 0 Å². The predicted octanol–water partition coefficient (Wildman–Crippen LogP) is -33.0. The second-order valence-electron chi connectivity index (χ2n) is 0. The summed E-state index contributed by atoms with van der Waals surface area (Å²) in [7, 11) is 0. The second-order valence-corrected chi connectivity index (χ2v) is 0. The molecule has 0 spiro atoms. The van der Waals surface area contributed by atoms with Crippen molar-refractivity contribution in [1.29, 1.82) is 0 Å². The smallest absolute Gasteiger partial charge is 0 e. The third-order valence-corrected chi connectivity index (χ3v) is 0. The average molecular weight is 1310 g/mol. The summed E-state index contributed by atoms with van der Waals surface area (Å²) in [6, 6.07) is 0. The molecule has 0 saturated carbocycles. The van der Waals surface area contributed by atoms with Crippen molar-refractivity contribution in [1.82, 2.24) is 0 Å². The largest absolute Gasteiger partial charge is 0.412 e. The van der Waals surface area contributed by atoms with Crippen LogP contribution in [0.3, 0.4) is 0 Å². The topological polar surface area (TPSA) is 1260 Å². The number of hydrogen-bond donors (Lipinski definition) is 0. The van der Waals surface area contributed by atoms with Crippen LogP contribution in [0, 0.1) is 0 Å². The van der Waals surface area contributed by atoms with E-state index in [0.717, 1.165) is 0 Å². The Hall–Kier alpha value is 3.46.